The fraction of sp³-hybridized carbons (Fsp3) is 0.423. The Kier molecular flexibility index (Phi) is 6.10. The summed E-state index contributed by atoms with van der Waals surface area (Å²) in [5.41, 5.74) is 3.39. The van der Waals surface area contributed by atoms with E-state index in [0.29, 0.717) is 13.1 Å². The predicted octanol–water partition coefficient (Wildman–Crippen LogP) is 3.06. The lowest BCUT2D eigenvalue weighted by Gasteiger charge is -2.33. The Morgan fingerprint density at radius 3 is 2.71 bits per heavy atom. The second-order valence-electron chi connectivity index (χ2n) is 9.74. The number of aromatic hydroxyl groups is 1. The van der Waals surface area contributed by atoms with E-state index in [9.17, 15) is 14.7 Å². The molecule has 0 bridgehead atoms. The minimum atomic E-state index is -0.667. The number of amidine groups is 1. The highest BCUT2D eigenvalue weighted by Gasteiger charge is 2.35. The molecular formula is C26H29N3O6. The summed E-state index contributed by atoms with van der Waals surface area (Å²) < 4.78 is 11.5. The number of ether oxygens (including phenoxy) is 2. The number of likely N-dealkylation sites (tertiary alicyclic amines) is 1. The molecule has 35 heavy (non-hydrogen) atoms. The number of piperidine rings is 1. The topological polar surface area (TPSA) is 110 Å². The Morgan fingerprint density at radius 1 is 1.23 bits per heavy atom. The van der Waals surface area contributed by atoms with Crippen LogP contribution >= 0.6 is 0 Å². The molecule has 0 radical (unpaired) electrons. The van der Waals surface area contributed by atoms with E-state index in [-0.39, 0.29) is 59.7 Å². The summed E-state index contributed by atoms with van der Waals surface area (Å²) >= 11 is 0. The fourth-order valence-corrected chi connectivity index (χ4v) is 4.73. The van der Waals surface area contributed by atoms with Crippen molar-refractivity contribution in [2.24, 2.45) is 10.9 Å². The van der Waals surface area contributed by atoms with Crippen LogP contribution in [0.5, 0.6) is 17.2 Å². The van der Waals surface area contributed by atoms with Crippen LogP contribution < -0.4 is 15.0 Å². The molecule has 1 fully saturated rings. The SMILES string of the molecule is CC1(C)CC(=O)c2c(O)cc(OCC(=O)N3CCC(C4N=C(c5ccccc5)NO4)CC3)cc2O1. The van der Waals surface area contributed by atoms with Crippen molar-refractivity contribution in [3.05, 3.63) is 53.6 Å². The van der Waals surface area contributed by atoms with Gasteiger partial charge >= 0.3 is 0 Å². The minimum absolute atomic E-state index is 0.142. The van der Waals surface area contributed by atoms with E-state index in [1.807, 2.05) is 44.2 Å². The minimum Gasteiger partial charge on any atom is -0.507 e. The summed E-state index contributed by atoms with van der Waals surface area (Å²) in [5, 5.41) is 10.3. The number of nitrogens with one attached hydrogen (secondary N) is 1. The molecule has 3 aliphatic heterocycles. The van der Waals surface area contributed by atoms with Crippen molar-refractivity contribution in [3.8, 4) is 17.2 Å². The number of fused-ring (bicyclic) bond motifs is 1. The van der Waals surface area contributed by atoms with E-state index >= 15 is 0 Å². The van der Waals surface area contributed by atoms with Crippen LogP contribution in [0, 0.1) is 5.92 Å². The number of amides is 1. The number of phenols is 1. The van der Waals surface area contributed by atoms with Crippen molar-refractivity contribution in [1.82, 2.24) is 10.4 Å². The smallest absolute Gasteiger partial charge is 0.260 e. The third kappa shape index (κ3) is 4.95. The molecule has 1 atom stereocenters. The molecule has 3 heterocycles. The van der Waals surface area contributed by atoms with E-state index in [4.69, 9.17) is 14.3 Å². The molecule has 9 nitrogen and oxygen atoms in total. The highest BCUT2D eigenvalue weighted by atomic mass is 16.7. The van der Waals surface area contributed by atoms with Crippen molar-refractivity contribution >= 4 is 17.5 Å². The molecule has 184 valence electrons. The maximum atomic E-state index is 12.7. The van der Waals surface area contributed by atoms with Gasteiger partial charge in [-0.1, -0.05) is 30.3 Å². The third-order valence-electron chi connectivity index (χ3n) is 6.54. The Balaban J connectivity index is 1.15. The first-order chi connectivity index (χ1) is 16.8. The zero-order chi connectivity index (χ0) is 24.6. The zero-order valence-corrected chi connectivity index (χ0v) is 19.8. The normalized spacial score (nSPS) is 21.5. The van der Waals surface area contributed by atoms with Gasteiger partial charge in [-0.25, -0.2) is 15.3 Å². The van der Waals surface area contributed by atoms with Gasteiger partial charge in [-0.15, -0.1) is 0 Å². The Morgan fingerprint density at radius 2 is 1.97 bits per heavy atom. The van der Waals surface area contributed by atoms with Gasteiger partial charge in [-0.3, -0.25) is 9.59 Å². The number of aliphatic imine (C=N–C) groups is 1. The molecule has 0 saturated carbocycles. The van der Waals surface area contributed by atoms with Crippen LogP contribution in [0.4, 0.5) is 0 Å². The van der Waals surface area contributed by atoms with Crippen molar-refractivity contribution in [2.45, 2.75) is 44.9 Å². The molecule has 1 amide bonds. The lowest BCUT2D eigenvalue weighted by molar-refractivity contribution is -0.135. The predicted molar refractivity (Wildman–Crippen MR) is 128 cm³/mol. The van der Waals surface area contributed by atoms with Gasteiger partial charge in [0.15, 0.2) is 24.5 Å². The van der Waals surface area contributed by atoms with E-state index in [1.54, 1.807) is 11.0 Å². The van der Waals surface area contributed by atoms with Gasteiger partial charge in [-0.05, 0) is 26.7 Å². The van der Waals surface area contributed by atoms with Crippen LogP contribution in [0.3, 0.4) is 0 Å². The highest BCUT2D eigenvalue weighted by molar-refractivity contribution is 6.03. The largest absolute Gasteiger partial charge is 0.507 e. The fourth-order valence-electron chi connectivity index (χ4n) is 4.73. The number of phenolic OH excluding ortho intramolecular Hbond substituents is 1. The number of nitrogens with zero attached hydrogens (tertiary/aromatic N) is 2. The van der Waals surface area contributed by atoms with Crippen molar-refractivity contribution in [2.75, 3.05) is 19.7 Å². The molecule has 2 N–H and O–H groups in total. The van der Waals surface area contributed by atoms with Crippen LogP contribution in [-0.4, -0.2) is 59.1 Å². The second kappa shape index (κ2) is 9.22. The molecule has 2 aromatic carbocycles. The monoisotopic (exact) mass is 479 g/mol. The first-order valence-corrected chi connectivity index (χ1v) is 11.8. The Hall–Kier alpha value is -3.59. The zero-order valence-electron chi connectivity index (χ0n) is 19.8. The summed E-state index contributed by atoms with van der Waals surface area (Å²) in [6, 6.07) is 12.7. The molecule has 0 aromatic heterocycles. The first kappa shape index (κ1) is 23.2. The Labute approximate surface area is 203 Å². The number of rotatable bonds is 5. The highest BCUT2D eigenvalue weighted by Crippen LogP contribution is 2.41. The molecule has 0 aliphatic carbocycles. The molecular weight excluding hydrogens is 450 g/mol. The average Bonchev–Trinajstić information content (AvgIpc) is 3.32. The molecule has 9 heteroatoms. The van der Waals surface area contributed by atoms with E-state index in [1.165, 1.54) is 6.07 Å². The molecule has 1 unspecified atom stereocenters. The summed E-state index contributed by atoms with van der Waals surface area (Å²) in [7, 11) is 0. The maximum Gasteiger partial charge on any atom is 0.260 e. The molecule has 1 saturated heterocycles. The van der Waals surface area contributed by atoms with Gasteiger partial charge < -0.3 is 19.5 Å². The summed E-state index contributed by atoms with van der Waals surface area (Å²) in [6.07, 6.45) is 1.45. The van der Waals surface area contributed by atoms with Gasteiger partial charge in [0.25, 0.3) is 5.91 Å². The van der Waals surface area contributed by atoms with Crippen molar-refractivity contribution in [1.29, 1.82) is 0 Å². The summed E-state index contributed by atoms with van der Waals surface area (Å²) in [4.78, 5) is 37.2. The molecule has 5 rings (SSSR count). The number of carbonyl (C=O) groups excluding carboxylic acids is 2. The number of Topliss-reactive ketones (excluding diaryl/α,β-unsaturated/α-hetero) is 1. The van der Waals surface area contributed by atoms with E-state index in [2.05, 4.69) is 10.5 Å². The van der Waals surface area contributed by atoms with Gasteiger partial charge in [0.1, 0.15) is 28.4 Å². The van der Waals surface area contributed by atoms with Gasteiger partial charge in [0.2, 0.25) is 0 Å². The first-order valence-electron chi connectivity index (χ1n) is 11.8. The lowest BCUT2D eigenvalue weighted by atomic mass is 9.92. The second-order valence-corrected chi connectivity index (χ2v) is 9.74. The number of benzene rings is 2. The molecule has 3 aliphatic rings. The van der Waals surface area contributed by atoms with Crippen LogP contribution in [0.2, 0.25) is 0 Å². The van der Waals surface area contributed by atoms with Gasteiger partial charge in [0.05, 0.1) is 6.42 Å². The number of hydroxylamine groups is 1. The maximum absolute atomic E-state index is 12.7. The summed E-state index contributed by atoms with van der Waals surface area (Å²) in [5.74, 6) is 0.970. The van der Waals surface area contributed by atoms with Crippen LogP contribution in [-0.2, 0) is 9.63 Å². The third-order valence-corrected chi connectivity index (χ3v) is 6.54. The van der Waals surface area contributed by atoms with E-state index < -0.39 is 5.60 Å². The summed E-state index contributed by atoms with van der Waals surface area (Å²) in [6.45, 7) is 4.63. The number of ketones is 1. The van der Waals surface area contributed by atoms with Crippen LogP contribution in [0.1, 0.15) is 49.0 Å². The average molecular weight is 480 g/mol. The lowest BCUT2D eigenvalue weighted by Crippen LogP contribution is -2.43. The molecule has 0 spiro atoms. The quantitative estimate of drug-likeness (QED) is 0.678. The van der Waals surface area contributed by atoms with Crippen LogP contribution in [0.25, 0.3) is 0 Å². The number of hydrogen-bond acceptors (Lipinski definition) is 8. The van der Waals surface area contributed by atoms with E-state index in [0.717, 1.165) is 24.2 Å². The van der Waals surface area contributed by atoms with Gasteiger partial charge in [0, 0.05) is 36.7 Å². The molecule has 2 aromatic rings. The van der Waals surface area contributed by atoms with Crippen LogP contribution in [0.15, 0.2) is 47.5 Å². The van der Waals surface area contributed by atoms with Crippen molar-refractivity contribution < 1.29 is 29.0 Å². The van der Waals surface area contributed by atoms with Crippen molar-refractivity contribution in [3.63, 3.8) is 0 Å². The Bertz CT molecular complexity index is 1160. The standard InChI is InChI=1S/C26H29N3O6/c1-26(2)14-20(31)23-19(30)12-18(13-21(23)34-26)33-15-22(32)29-10-8-17(9-11-29)25-27-24(28-35-25)16-6-4-3-5-7-16/h3-7,12-13,17,25,30H,8-11,14-15H2,1-2H3,(H,27,28). The number of carbonyl (C=O) groups is 2. The van der Waals surface area contributed by atoms with Gasteiger partial charge in [-0.2, -0.15) is 0 Å². The number of hydrogen-bond donors (Lipinski definition) is 2.